The fourth-order valence-corrected chi connectivity index (χ4v) is 2.90. The summed E-state index contributed by atoms with van der Waals surface area (Å²) in [6.45, 7) is 4.22. The van der Waals surface area contributed by atoms with Crippen LogP contribution in [0.3, 0.4) is 0 Å². The lowest BCUT2D eigenvalue weighted by Gasteiger charge is -2.14. The molecule has 3 aromatic carbocycles. The molecule has 0 fully saturated rings. The third-order valence-corrected chi connectivity index (χ3v) is 4.44. The highest BCUT2D eigenvalue weighted by Crippen LogP contribution is 2.31. The molecule has 0 aromatic heterocycles. The maximum absolute atomic E-state index is 12.1. The van der Waals surface area contributed by atoms with Crippen LogP contribution < -0.4 is 9.47 Å². The molecule has 0 saturated carbocycles. The molecule has 162 valence electrons. The Morgan fingerprint density at radius 3 is 1.97 bits per heavy atom. The van der Waals surface area contributed by atoms with Gasteiger partial charge >= 0.3 is 5.97 Å². The van der Waals surface area contributed by atoms with E-state index in [0.29, 0.717) is 30.3 Å². The Morgan fingerprint density at radius 1 is 0.875 bits per heavy atom. The number of carbonyl (C=O) groups excluding carboxylic acids is 1. The minimum absolute atomic E-state index is 0.0781. The standard InChI is InChI=1S/C27H25NO4/c1-20(2)32-27(29)24(17-28)15-23-13-14-25(30-18-21-9-5-3-6-10-21)26(16-23)31-19-22-11-7-4-8-12-22/h3-16,20H,18-19H2,1-2H3/b24-15+. The summed E-state index contributed by atoms with van der Waals surface area (Å²) in [5.41, 5.74) is 2.61. The van der Waals surface area contributed by atoms with Gasteiger partial charge in [-0.05, 0) is 48.7 Å². The predicted molar refractivity (Wildman–Crippen MR) is 123 cm³/mol. The Kier molecular flexibility index (Phi) is 8.05. The molecule has 0 N–H and O–H groups in total. The number of esters is 1. The highest BCUT2D eigenvalue weighted by Gasteiger charge is 2.14. The second kappa shape index (κ2) is 11.4. The van der Waals surface area contributed by atoms with E-state index in [0.717, 1.165) is 11.1 Å². The van der Waals surface area contributed by atoms with Gasteiger partial charge in [0, 0.05) is 0 Å². The summed E-state index contributed by atoms with van der Waals surface area (Å²) < 4.78 is 17.2. The number of carbonyl (C=O) groups is 1. The zero-order chi connectivity index (χ0) is 22.8. The number of nitrogens with zero attached hydrogens (tertiary/aromatic N) is 1. The molecule has 3 aromatic rings. The maximum atomic E-state index is 12.1. The molecule has 3 rings (SSSR count). The Labute approximate surface area is 188 Å². The summed E-state index contributed by atoms with van der Waals surface area (Å²) in [6.07, 6.45) is 1.18. The van der Waals surface area contributed by atoms with E-state index in [4.69, 9.17) is 14.2 Å². The summed E-state index contributed by atoms with van der Waals surface area (Å²) >= 11 is 0. The van der Waals surface area contributed by atoms with E-state index in [-0.39, 0.29) is 11.7 Å². The van der Waals surface area contributed by atoms with Crippen LogP contribution in [0.1, 0.15) is 30.5 Å². The molecule has 0 aliphatic rings. The highest BCUT2D eigenvalue weighted by atomic mass is 16.5. The summed E-state index contributed by atoms with van der Waals surface area (Å²) in [7, 11) is 0. The van der Waals surface area contributed by atoms with Crippen molar-refractivity contribution in [3.63, 3.8) is 0 Å². The van der Waals surface area contributed by atoms with Crippen molar-refractivity contribution >= 4 is 12.0 Å². The number of ether oxygens (including phenoxy) is 3. The first-order valence-electron chi connectivity index (χ1n) is 10.4. The van der Waals surface area contributed by atoms with Crippen molar-refractivity contribution in [3.05, 3.63) is 101 Å². The van der Waals surface area contributed by atoms with E-state index in [1.807, 2.05) is 66.7 Å². The largest absolute Gasteiger partial charge is 0.485 e. The van der Waals surface area contributed by atoms with E-state index in [1.54, 1.807) is 32.0 Å². The van der Waals surface area contributed by atoms with Crippen LogP contribution in [-0.2, 0) is 22.7 Å². The first-order valence-corrected chi connectivity index (χ1v) is 10.4. The lowest BCUT2D eigenvalue weighted by Crippen LogP contribution is -2.12. The Morgan fingerprint density at radius 2 is 1.44 bits per heavy atom. The lowest BCUT2D eigenvalue weighted by molar-refractivity contribution is -0.142. The topological polar surface area (TPSA) is 68.6 Å². The molecule has 5 heteroatoms. The lowest BCUT2D eigenvalue weighted by atomic mass is 10.1. The van der Waals surface area contributed by atoms with Crippen molar-refractivity contribution in [1.82, 2.24) is 0 Å². The van der Waals surface area contributed by atoms with Crippen molar-refractivity contribution in [2.24, 2.45) is 0 Å². The van der Waals surface area contributed by atoms with Crippen LogP contribution in [0, 0.1) is 11.3 Å². The molecule has 0 spiro atoms. The van der Waals surface area contributed by atoms with Gasteiger partial charge in [0.1, 0.15) is 24.9 Å². The first kappa shape index (κ1) is 22.6. The molecule has 32 heavy (non-hydrogen) atoms. The van der Waals surface area contributed by atoms with E-state index in [2.05, 4.69) is 0 Å². The fraction of sp³-hybridized carbons (Fsp3) is 0.185. The van der Waals surface area contributed by atoms with E-state index < -0.39 is 5.97 Å². The molecular formula is C27H25NO4. The molecule has 5 nitrogen and oxygen atoms in total. The van der Waals surface area contributed by atoms with E-state index in [1.165, 1.54) is 6.08 Å². The maximum Gasteiger partial charge on any atom is 0.349 e. The van der Waals surface area contributed by atoms with Gasteiger partial charge in [-0.1, -0.05) is 66.7 Å². The SMILES string of the molecule is CC(C)OC(=O)/C(C#N)=C/c1ccc(OCc2ccccc2)c(OCc2ccccc2)c1. The van der Waals surface area contributed by atoms with Gasteiger partial charge in [-0.3, -0.25) is 0 Å². The average molecular weight is 428 g/mol. The van der Waals surface area contributed by atoms with Crippen molar-refractivity contribution in [1.29, 1.82) is 5.26 Å². The summed E-state index contributed by atoms with van der Waals surface area (Å²) in [5.74, 6) is 0.442. The average Bonchev–Trinajstić information content (AvgIpc) is 2.81. The molecular weight excluding hydrogens is 402 g/mol. The van der Waals surface area contributed by atoms with Gasteiger partial charge in [-0.2, -0.15) is 5.26 Å². The van der Waals surface area contributed by atoms with Gasteiger partial charge < -0.3 is 14.2 Å². The first-order chi connectivity index (χ1) is 15.5. The predicted octanol–water partition coefficient (Wildman–Crippen LogP) is 5.70. The van der Waals surface area contributed by atoms with Gasteiger partial charge in [0.05, 0.1) is 6.10 Å². The van der Waals surface area contributed by atoms with Crippen LogP contribution in [0.4, 0.5) is 0 Å². The van der Waals surface area contributed by atoms with Gasteiger partial charge in [0.2, 0.25) is 0 Å². The number of nitriles is 1. The Balaban J connectivity index is 1.85. The van der Waals surface area contributed by atoms with Crippen molar-refractivity contribution < 1.29 is 19.0 Å². The van der Waals surface area contributed by atoms with Gasteiger partial charge in [-0.25, -0.2) is 4.79 Å². The number of rotatable bonds is 9. The molecule has 0 radical (unpaired) electrons. The molecule has 0 amide bonds. The summed E-state index contributed by atoms with van der Waals surface area (Å²) in [5, 5.41) is 9.38. The van der Waals surface area contributed by atoms with E-state index in [9.17, 15) is 10.1 Å². The molecule has 0 aliphatic heterocycles. The normalized spacial score (nSPS) is 11.0. The van der Waals surface area contributed by atoms with Crippen LogP contribution in [0.5, 0.6) is 11.5 Å². The minimum Gasteiger partial charge on any atom is -0.485 e. The van der Waals surface area contributed by atoms with Crippen LogP contribution in [0.2, 0.25) is 0 Å². The third kappa shape index (κ3) is 6.75. The molecule has 0 unspecified atom stereocenters. The zero-order valence-electron chi connectivity index (χ0n) is 18.2. The second-order valence-corrected chi connectivity index (χ2v) is 7.38. The smallest absolute Gasteiger partial charge is 0.349 e. The summed E-state index contributed by atoms with van der Waals surface area (Å²) in [4.78, 5) is 12.1. The monoisotopic (exact) mass is 427 g/mol. The van der Waals surface area contributed by atoms with Gasteiger partial charge in [0.15, 0.2) is 11.5 Å². The summed E-state index contributed by atoms with van der Waals surface area (Å²) in [6, 6.07) is 26.9. The molecule has 0 bridgehead atoms. The Hall–Kier alpha value is -4.04. The van der Waals surface area contributed by atoms with Crippen LogP contribution in [-0.4, -0.2) is 12.1 Å². The van der Waals surface area contributed by atoms with Gasteiger partial charge in [0.25, 0.3) is 0 Å². The van der Waals surface area contributed by atoms with Crippen LogP contribution >= 0.6 is 0 Å². The zero-order valence-corrected chi connectivity index (χ0v) is 18.2. The van der Waals surface area contributed by atoms with Gasteiger partial charge in [-0.15, -0.1) is 0 Å². The Bertz CT molecular complexity index is 1100. The van der Waals surface area contributed by atoms with Crippen LogP contribution in [0.25, 0.3) is 6.08 Å². The molecule has 0 heterocycles. The van der Waals surface area contributed by atoms with Crippen molar-refractivity contribution in [2.75, 3.05) is 0 Å². The minimum atomic E-state index is -0.654. The fourth-order valence-electron chi connectivity index (χ4n) is 2.90. The van der Waals surface area contributed by atoms with Crippen LogP contribution in [0.15, 0.2) is 84.4 Å². The third-order valence-electron chi connectivity index (χ3n) is 4.44. The number of benzene rings is 3. The van der Waals surface area contributed by atoms with Crippen molar-refractivity contribution in [2.45, 2.75) is 33.2 Å². The van der Waals surface area contributed by atoms with E-state index >= 15 is 0 Å². The molecule has 0 atom stereocenters. The van der Waals surface area contributed by atoms with Crippen molar-refractivity contribution in [3.8, 4) is 17.6 Å². The molecule has 0 saturated heterocycles. The quantitative estimate of drug-likeness (QED) is 0.249. The number of hydrogen-bond donors (Lipinski definition) is 0. The number of hydrogen-bond acceptors (Lipinski definition) is 5. The second-order valence-electron chi connectivity index (χ2n) is 7.38. The highest BCUT2D eigenvalue weighted by molar-refractivity contribution is 5.98. The molecule has 0 aliphatic carbocycles.